The summed E-state index contributed by atoms with van der Waals surface area (Å²) in [7, 11) is 0. The van der Waals surface area contributed by atoms with Crippen LogP contribution in [0, 0.1) is 35.5 Å². The van der Waals surface area contributed by atoms with E-state index in [1.807, 2.05) is 196 Å². The molecule has 3 saturated heterocycles. The van der Waals surface area contributed by atoms with Gasteiger partial charge in [-0.2, -0.15) is 0 Å². The van der Waals surface area contributed by atoms with Crippen molar-refractivity contribution in [2.24, 2.45) is 35.5 Å². The molecule has 0 bridgehead atoms. The lowest BCUT2D eigenvalue weighted by Gasteiger charge is -2.28. The first-order valence-electron chi connectivity index (χ1n) is 32.9. The van der Waals surface area contributed by atoms with Gasteiger partial charge in [-0.15, -0.1) is 0 Å². The second kappa shape index (κ2) is 30.8. The molecule has 6 rings (SSSR count). The van der Waals surface area contributed by atoms with E-state index in [1.165, 1.54) is 0 Å². The van der Waals surface area contributed by atoms with Crippen molar-refractivity contribution in [3.63, 3.8) is 0 Å². The Morgan fingerprint density at radius 2 is 0.725 bits per heavy atom. The lowest BCUT2D eigenvalue weighted by molar-refractivity contribution is -0.163. The summed E-state index contributed by atoms with van der Waals surface area (Å²) in [6.07, 6.45) is 2.41. The summed E-state index contributed by atoms with van der Waals surface area (Å²) in [6, 6.07) is 23.8. The predicted molar refractivity (Wildman–Crippen MR) is 350 cm³/mol. The van der Waals surface area contributed by atoms with Crippen LogP contribution in [0.25, 0.3) is 0 Å². The maximum absolute atomic E-state index is 14.8. The fourth-order valence-electron chi connectivity index (χ4n) is 11.9. The highest BCUT2D eigenvalue weighted by molar-refractivity contribution is 5.79. The first-order chi connectivity index (χ1) is 42.1. The van der Waals surface area contributed by atoms with E-state index in [9.17, 15) is 33.6 Å². The molecule has 0 aromatic heterocycles. The van der Waals surface area contributed by atoms with Crippen LogP contribution in [0.3, 0.4) is 0 Å². The Balaban J connectivity index is 1.20. The third-order valence-corrected chi connectivity index (χ3v) is 16.0. The van der Waals surface area contributed by atoms with Crippen LogP contribution in [-0.2, 0) is 91.0 Å². The van der Waals surface area contributed by atoms with Crippen molar-refractivity contribution >= 4 is 42.1 Å². The summed E-state index contributed by atoms with van der Waals surface area (Å²) in [6.45, 7) is 36.8. The van der Waals surface area contributed by atoms with Gasteiger partial charge in [0.2, 0.25) is 5.91 Å². The van der Waals surface area contributed by atoms with Crippen LogP contribution in [0.15, 0.2) is 72.8 Å². The van der Waals surface area contributed by atoms with Gasteiger partial charge in [0.05, 0.1) is 37.4 Å². The maximum atomic E-state index is 14.8. The molecule has 3 heterocycles. The molecule has 504 valence electrons. The molecule has 18 nitrogen and oxygen atoms in total. The lowest BCUT2D eigenvalue weighted by Crippen LogP contribution is -2.38. The Kier molecular flexibility index (Phi) is 24.9. The van der Waals surface area contributed by atoms with Gasteiger partial charge >= 0.3 is 36.2 Å². The Morgan fingerprint density at radius 1 is 0.418 bits per heavy atom. The molecule has 0 radical (unpaired) electrons. The van der Waals surface area contributed by atoms with E-state index in [1.54, 1.807) is 14.7 Å². The Morgan fingerprint density at radius 3 is 1.08 bits per heavy atom. The number of esters is 3. The van der Waals surface area contributed by atoms with Gasteiger partial charge in [-0.3, -0.25) is 19.2 Å². The van der Waals surface area contributed by atoms with E-state index in [2.05, 4.69) is 6.07 Å². The Labute approximate surface area is 543 Å². The number of hydrogen-bond acceptors (Lipinski definition) is 14. The SMILES string of the molecule is CC(C)(C)OC(=O)[C@@H](Cc1cccc(CCN(CCOCc2cccc(C[C@H](C(=O)OC(C)(C)C)[C@H]3CCN(C(=O)OC(C)(C)C)C3)c2)C(=O)Cc2cccc(C[C@H](C(=O)OC(C)(C)C)[C@H]3CCN(C(=O)OC(C)(C)C)C3)c2)c1)[C@H]1CCN(C(=O)OC(C)(C)C)C1. The fourth-order valence-corrected chi connectivity index (χ4v) is 11.9. The summed E-state index contributed by atoms with van der Waals surface area (Å²) < 4.78 is 41.4. The highest BCUT2D eigenvalue weighted by atomic mass is 16.6. The van der Waals surface area contributed by atoms with E-state index in [0.717, 1.165) is 33.4 Å². The molecule has 0 aliphatic carbocycles. The number of amides is 4. The van der Waals surface area contributed by atoms with E-state index < -0.39 is 69.6 Å². The van der Waals surface area contributed by atoms with Gasteiger partial charge in [-0.1, -0.05) is 72.8 Å². The first kappa shape index (κ1) is 73.4. The summed E-state index contributed by atoms with van der Waals surface area (Å²) in [4.78, 5) is 103. The topological polar surface area (TPSA) is 197 Å². The second-order valence-corrected chi connectivity index (χ2v) is 31.3. The van der Waals surface area contributed by atoms with E-state index in [-0.39, 0.29) is 67.7 Å². The van der Waals surface area contributed by atoms with Crippen molar-refractivity contribution in [3.8, 4) is 0 Å². The highest BCUT2D eigenvalue weighted by Gasteiger charge is 2.43. The zero-order valence-electron chi connectivity index (χ0n) is 58.1. The number of carbonyl (C=O) groups is 7. The highest BCUT2D eigenvalue weighted by Crippen LogP contribution is 2.35. The average molecular weight is 1270 g/mol. The van der Waals surface area contributed by atoms with Crippen LogP contribution in [0.2, 0.25) is 0 Å². The minimum Gasteiger partial charge on any atom is -0.460 e. The van der Waals surface area contributed by atoms with Crippen molar-refractivity contribution < 1.29 is 66.7 Å². The van der Waals surface area contributed by atoms with E-state index >= 15 is 0 Å². The monoisotopic (exact) mass is 1260 g/mol. The van der Waals surface area contributed by atoms with Gasteiger partial charge in [0.1, 0.15) is 33.6 Å². The summed E-state index contributed by atoms with van der Waals surface area (Å²) >= 11 is 0. The molecule has 0 unspecified atom stereocenters. The third kappa shape index (κ3) is 25.0. The standard InChI is InChI=1S/C73H108N4O14/c1-68(2,3)86-62(79)58(55-29-33-75(45-55)65(82)89-71(10,11)12)41-50-23-19-22-49(38-50)28-32-74(61(78)44-53-26-20-24-51(39-53)42-59(63(80)87-69(4,5)6)56-30-34-76(46-56)66(83)90-72(13,14)15)36-37-85-48-54-27-21-25-52(40-54)43-60(64(81)88-70(7,8)9)57-31-35-77(47-57)67(84)91-73(16,17)18/h19-27,38-40,55-60H,28-37,41-48H2,1-18H3/t55-,56-,57-,58-,59-,60-/m0/s1. The molecule has 18 heteroatoms. The van der Waals surface area contributed by atoms with Crippen LogP contribution in [0.5, 0.6) is 0 Å². The molecule has 3 fully saturated rings. The van der Waals surface area contributed by atoms with Crippen LogP contribution in [0.4, 0.5) is 14.4 Å². The first-order valence-corrected chi connectivity index (χ1v) is 32.9. The van der Waals surface area contributed by atoms with Crippen molar-refractivity contribution in [2.75, 3.05) is 59.0 Å². The minimum atomic E-state index is -0.728. The van der Waals surface area contributed by atoms with Crippen molar-refractivity contribution in [1.29, 1.82) is 0 Å². The molecule has 6 atom stereocenters. The molecule has 91 heavy (non-hydrogen) atoms. The van der Waals surface area contributed by atoms with Crippen LogP contribution in [-0.4, -0.2) is 154 Å². The lowest BCUT2D eigenvalue weighted by atomic mass is 9.85. The van der Waals surface area contributed by atoms with Crippen LogP contribution < -0.4 is 0 Å². The normalized spacial score (nSPS) is 18.5. The summed E-state index contributed by atoms with van der Waals surface area (Å²) in [5, 5.41) is 0. The van der Waals surface area contributed by atoms with Gasteiger partial charge in [-0.25, -0.2) is 14.4 Å². The number of ether oxygens (including phenoxy) is 7. The molecule has 3 aliphatic rings. The van der Waals surface area contributed by atoms with E-state index in [0.29, 0.717) is 90.8 Å². The molecular weight excluding hydrogens is 1160 g/mol. The number of likely N-dealkylation sites (tertiary alicyclic amines) is 3. The number of carbonyl (C=O) groups excluding carboxylic acids is 7. The van der Waals surface area contributed by atoms with E-state index in [4.69, 9.17) is 33.2 Å². The van der Waals surface area contributed by atoms with Gasteiger partial charge in [0.15, 0.2) is 0 Å². The molecule has 0 spiro atoms. The van der Waals surface area contributed by atoms with Gasteiger partial charge in [-0.05, 0) is 221 Å². The fraction of sp³-hybridized carbons (Fsp3) is 0.658. The molecule has 3 aliphatic heterocycles. The zero-order valence-corrected chi connectivity index (χ0v) is 58.1. The molecule has 4 amide bonds. The van der Waals surface area contributed by atoms with Gasteiger partial charge in [0.25, 0.3) is 0 Å². The molecule has 3 aromatic rings. The predicted octanol–water partition coefficient (Wildman–Crippen LogP) is 12.8. The Hall–Kier alpha value is -6.69. The number of hydrogen-bond donors (Lipinski definition) is 0. The average Bonchev–Trinajstić information content (AvgIpc) is 3.16. The molecular formula is C73H108N4O14. The summed E-state index contributed by atoms with van der Waals surface area (Å²) in [5.74, 6) is -3.10. The molecule has 3 aromatic carbocycles. The third-order valence-electron chi connectivity index (χ3n) is 16.0. The number of rotatable bonds is 22. The molecule has 0 N–H and O–H groups in total. The largest absolute Gasteiger partial charge is 0.460 e. The van der Waals surface area contributed by atoms with Crippen molar-refractivity contribution in [1.82, 2.24) is 19.6 Å². The number of benzene rings is 3. The maximum Gasteiger partial charge on any atom is 0.410 e. The second-order valence-electron chi connectivity index (χ2n) is 31.3. The summed E-state index contributed by atoms with van der Waals surface area (Å²) in [5.41, 5.74) is 1.28. The minimum absolute atomic E-state index is 0.0808. The van der Waals surface area contributed by atoms with Crippen molar-refractivity contribution in [2.45, 2.75) is 216 Å². The van der Waals surface area contributed by atoms with Crippen LogP contribution in [0.1, 0.15) is 177 Å². The zero-order chi connectivity index (χ0) is 67.4. The smallest absolute Gasteiger partial charge is 0.410 e. The van der Waals surface area contributed by atoms with Crippen LogP contribution >= 0.6 is 0 Å². The number of nitrogens with zero attached hydrogens (tertiary/aromatic N) is 4. The van der Waals surface area contributed by atoms with Gasteiger partial charge < -0.3 is 52.8 Å². The van der Waals surface area contributed by atoms with Gasteiger partial charge in [0, 0.05) is 52.4 Å². The quantitative estimate of drug-likeness (QED) is 0.0523. The van der Waals surface area contributed by atoms with Crippen molar-refractivity contribution in [3.05, 3.63) is 106 Å². The molecule has 0 saturated carbocycles. The Bertz CT molecular complexity index is 2970.